The van der Waals surface area contributed by atoms with Gasteiger partial charge < -0.3 is 25.3 Å². The second-order valence-corrected chi connectivity index (χ2v) is 10.3. The van der Waals surface area contributed by atoms with E-state index >= 15 is 0 Å². The maximum atomic E-state index is 12.6. The summed E-state index contributed by atoms with van der Waals surface area (Å²) in [5, 5.41) is 14.1. The Kier molecular flexibility index (Phi) is 12.8. The number of alkyl halides is 3. The second-order valence-electron chi connectivity index (χ2n) is 7.93. The van der Waals surface area contributed by atoms with Gasteiger partial charge in [-0.15, -0.1) is 11.8 Å². The number of hydrogen-bond donors (Lipinski definition) is 2. The number of methoxy groups -OCH3 is 1. The van der Waals surface area contributed by atoms with Crippen molar-refractivity contribution in [3.05, 3.63) is 29.8 Å². The highest BCUT2D eigenvalue weighted by Crippen LogP contribution is 2.28. The number of amides is 1. The highest BCUT2D eigenvalue weighted by molar-refractivity contribution is 8.00. The van der Waals surface area contributed by atoms with E-state index < -0.39 is 18.2 Å². The molecule has 7 nitrogen and oxygen atoms in total. The number of carbonyl (C=O) groups excluding carboxylic acids is 3. The van der Waals surface area contributed by atoms with Crippen molar-refractivity contribution in [3.63, 3.8) is 0 Å². The van der Waals surface area contributed by atoms with E-state index in [2.05, 4.69) is 48.7 Å². The van der Waals surface area contributed by atoms with E-state index in [1.165, 1.54) is 17.6 Å². The average molecular weight is 525 g/mol. The number of aliphatic carboxylic acids is 1. The van der Waals surface area contributed by atoms with Crippen molar-refractivity contribution in [2.45, 2.75) is 61.0 Å². The van der Waals surface area contributed by atoms with Gasteiger partial charge in [-0.2, -0.15) is 24.9 Å². The van der Waals surface area contributed by atoms with E-state index in [-0.39, 0.29) is 17.9 Å². The first kappa shape index (κ1) is 30.1. The number of thioether (sulfide) groups is 2. The first-order chi connectivity index (χ1) is 15.9. The number of halogens is 3. The molecular weight excluding hydrogens is 493 g/mol. The quantitative estimate of drug-likeness (QED) is 0.469. The number of carboxylic acid groups (broad SMARTS) is 1. The molecule has 2 rings (SSSR count). The molecule has 0 aliphatic carbocycles. The lowest BCUT2D eigenvalue weighted by Crippen LogP contribution is -2.89. The summed E-state index contributed by atoms with van der Waals surface area (Å²) in [6.07, 6.45) is -1.82. The molecular formula is C22H31F3N2O5S2. The molecule has 1 saturated heterocycles. The molecule has 34 heavy (non-hydrogen) atoms. The summed E-state index contributed by atoms with van der Waals surface area (Å²) in [7, 11) is 1.36. The van der Waals surface area contributed by atoms with Crippen LogP contribution in [0.4, 0.5) is 13.2 Å². The van der Waals surface area contributed by atoms with Crippen molar-refractivity contribution >= 4 is 41.4 Å². The lowest BCUT2D eigenvalue weighted by Gasteiger charge is -2.17. The Morgan fingerprint density at radius 2 is 1.82 bits per heavy atom. The number of quaternary nitrogens is 1. The molecule has 3 N–H and O–H groups in total. The smallest absolute Gasteiger partial charge is 0.430 e. The van der Waals surface area contributed by atoms with Gasteiger partial charge in [0.1, 0.15) is 12.0 Å². The van der Waals surface area contributed by atoms with Crippen molar-refractivity contribution in [3.8, 4) is 0 Å². The highest BCUT2D eigenvalue weighted by atomic mass is 32.2. The van der Waals surface area contributed by atoms with Gasteiger partial charge in [0.15, 0.2) is 6.04 Å². The van der Waals surface area contributed by atoms with Crippen LogP contribution in [-0.2, 0) is 19.1 Å². The molecule has 1 aliphatic heterocycles. The van der Waals surface area contributed by atoms with Crippen molar-refractivity contribution in [2.24, 2.45) is 0 Å². The minimum atomic E-state index is -5.19. The normalized spacial score (nSPS) is 18.6. The number of benzene rings is 1. The van der Waals surface area contributed by atoms with Gasteiger partial charge in [-0.25, -0.2) is 4.79 Å². The van der Waals surface area contributed by atoms with E-state index in [9.17, 15) is 22.8 Å². The molecule has 0 unspecified atom stereocenters. The van der Waals surface area contributed by atoms with Crippen molar-refractivity contribution in [1.82, 2.24) is 5.32 Å². The molecule has 0 spiro atoms. The van der Waals surface area contributed by atoms with Gasteiger partial charge in [-0.3, -0.25) is 4.79 Å². The summed E-state index contributed by atoms with van der Waals surface area (Å²) >= 11 is 3.48. The molecule has 3 atom stereocenters. The SMILES string of the molecule is COC(=O)[C@H](CCSC)NC(=O)[C@@H]1C[C@H](Sc2ccc(C(C)C)cc2)C[NH2+]1.O=C([O-])C(F)(F)F. The van der Waals surface area contributed by atoms with Crippen LogP contribution in [-0.4, -0.2) is 67.0 Å². The summed E-state index contributed by atoms with van der Waals surface area (Å²) in [5.41, 5.74) is 1.34. The number of ether oxygens (including phenoxy) is 1. The Morgan fingerprint density at radius 3 is 2.29 bits per heavy atom. The van der Waals surface area contributed by atoms with Crippen LogP contribution in [0.2, 0.25) is 0 Å². The average Bonchev–Trinajstić information content (AvgIpc) is 3.24. The molecule has 12 heteroatoms. The maximum Gasteiger partial charge on any atom is 0.430 e. The van der Waals surface area contributed by atoms with Crippen LogP contribution in [0.1, 0.15) is 38.2 Å². The zero-order valence-electron chi connectivity index (χ0n) is 19.5. The Balaban J connectivity index is 0.000000718. The first-order valence-electron chi connectivity index (χ1n) is 10.6. The standard InChI is InChI=1S/C20H30N2O3S2.C2HF3O2/c1-13(2)14-5-7-15(8-6-14)27-16-11-18(21-12-16)19(23)22-17(9-10-26-4)20(24)25-3;3-2(4,5)1(6)7/h5-8,13,16-18,21H,9-12H2,1-4H3,(H,22,23);(H,6,7)/t16-,17-,18-;/m0./s1. The van der Waals surface area contributed by atoms with Crippen LogP contribution in [0, 0.1) is 0 Å². The number of rotatable bonds is 9. The van der Waals surface area contributed by atoms with Crippen LogP contribution in [0.15, 0.2) is 29.2 Å². The molecule has 0 radical (unpaired) electrons. The Labute approximate surface area is 206 Å². The molecule has 1 fully saturated rings. The molecule has 0 saturated carbocycles. The lowest BCUT2D eigenvalue weighted by atomic mass is 10.0. The monoisotopic (exact) mass is 524 g/mol. The zero-order valence-corrected chi connectivity index (χ0v) is 21.1. The number of carbonyl (C=O) groups is 3. The van der Waals surface area contributed by atoms with E-state index in [4.69, 9.17) is 14.6 Å². The van der Waals surface area contributed by atoms with Gasteiger partial charge in [-0.1, -0.05) is 26.0 Å². The van der Waals surface area contributed by atoms with E-state index in [0.29, 0.717) is 17.6 Å². The number of nitrogens with two attached hydrogens (primary N) is 1. The van der Waals surface area contributed by atoms with Gasteiger partial charge in [-0.05, 0) is 42.0 Å². The van der Waals surface area contributed by atoms with Gasteiger partial charge in [0.05, 0.1) is 18.9 Å². The molecule has 1 aromatic carbocycles. The Morgan fingerprint density at radius 1 is 1.24 bits per heavy atom. The summed E-state index contributed by atoms with van der Waals surface area (Å²) in [4.78, 5) is 34.5. The van der Waals surface area contributed by atoms with Gasteiger partial charge in [0, 0.05) is 11.3 Å². The van der Waals surface area contributed by atoms with Crippen molar-refractivity contribution in [1.29, 1.82) is 0 Å². The first-order valence-corrected chi connectivity index (χ1v) is 12.9. The Hall–Kier alpha value is -1.92. The van der Waals surface area contributed by atoms with Crippen LogP contribution >= 0.6 is 23.5 Å². The third-order valence-electron chi connectivity index (χ3n) is 5.03. The predicted octanol–water partition coefficient (Wildman–Crippen LogP) is 1.32. The zero-order chi connectivity index (χ0) is 25.9. The van der Waals surface area contributed by atoms with E-state index in [0.717, 1.165) is 18.7 Å². The predicted molar refractivity (Wildman–Crippen MR) is 123 cm³/mol. The van der Waals surface area contributed by atoms with Gasteiger partial charge >= 0.3 is 12.1 Å². The molecule has 0 aromatic heterocycles. The van der Waals surface area contributed by atoms with Gasteiger partial charge in [0.2, 0.25) is 0 Å². The van der Waals surface area contributed by atoms with Crippen LogP contribution in [0.5, 0.6) is 0 Å². The summed E-state index contributed by atoms with van der Waals surface area (Å²) < 4.78 is 36.4. The van der Waals surface area contributed by atoms with Crippen molar-refractivity contribution in [2.75, 3.05) is 25.7 Å². The second kappa shape index (κ2) is 14.5. The largest absolute Gasteiger partial charge is 0.542 e. The molecule has 0 bridgehead atoms. The fourth-order valence-corrected chi connectivity index (χ4v) is 4.79. The molecule has 1 aromatic rings. The third kappa shape index (κ3) is 10.6. The number of carboxylic acids is 1. The number of hydrogen-bond acceptors (Lipinski definition) is 7. The van der Waals surface area contributed by atoms with E-state index in [1.54, 1.807) is 11.8 Å². The van der Waals surface area contributed by atoms with Crippen LogP contribution < -0.4 is 15.7 Å². The van der Waals surface area contributed by atoms with E-state index in [1.807, 2.05) is 18.0 Å². The van der Waals surface area contributed by atoms with Crippen LogP contribution in [0.25, 0.3) is 0 Å². The van der Waals surface area contributed by atoms with Crippen LogP contribution in [0.3, 0.4) is 0 Å². The molecule has 1 heterocycles. The summed E-state index contributed by atoms with van der Waals surface area (Å²) in [6.45, 7) is 5.29. The minimum absolute atomic E-state index is 0.0650. The third-order valence-corrected chi connectivity index (χ3v) is 6.94. The highest BCUT2D eigenvalue weighted by Gasteiger charge is 2.36. The molecule has 192 valence electrons. The molecule has 1 amide bonds. The molecule has 1 aliphatic rings. The number of nitrogens with one attached hydrogen (secondary N) is 1. The topological polar surface area (TPSA) is 112 Å². The van der Waals surface area contributed by atoms with Crippen molar-refractivity contribution < 1.29 is 42.7 Å². The Bertz CT molecular complexity index is 807. The minimum Gasteiger partial charge on any atom is -0.542 e. The fourth-order valence-electron chi connectivity index (χ4n) is 3.13. The lowest BCUT2D eigenvalue weighted by molar-refractivity contribution is -0.657. The fraction of sp³-hybridized carbons (Fsp3) is 0.591. The summed E-state index contributed by atoms with van der Waals surface area (Å²) in [5.74, 6) is -2.10. The summed E-state index contributed by atoms with van der Waals surface area (Å²) in [6, 6.07) is 8.01. The number of esters is 1. The maximum absolute atomic E-state index is 12.6. The van der Waals surface area contributed by atoms with Gasteiger partial charge in [0.25, 0.3) is 5.91 Å².